The van der Waals surface area contributed by atoms with E-state index < -0.39 is 36.6 Å². The molecule has 1 N–H and O–H groups in total. The van der Waals surface area contributed by atoms with Crippen LogP contribution in [0.1, 0.15) is 30.5 Å². The molecular weight excluding hydrogens is 498 g/mol. The molecule has 4 rings (SSSR count). The maximum Gasteiger partial charge on any atom is 0.303 e. The Balaban J connectivity index is 1.60. The minimum absolute atomic E-state index is 0.169. The van der Waals surface area contributed by atoms with Crippen molar-refractivity contribution in [2.75, 3.05) is 6.61 Å². The predicted molar refractivity (Wildman–Crippen MR) is 144 cm³/mol. The van der Waals surface area contributed by atoms with E-state index in [2.05, 4.69) is 5.32 Å². The van der Waals surface area contributed by atoms with Gasteiger partial charge in [-0.05, 0) is 16.7 Å². The molecule has 3 aromatic rings. The average Bonchev–Trinajstić information content (AvgIpc) is 2.94. The Bertz CT molecular complexity index is 1160. The number of carbonyl (C=O) groups is 2. The van der Waals surface area contributed by atoms with E-state index in [4.69, 9.17) is 23.7 Å². The third-order valence-electron chi connectivity index (χ3n) is 6.25. The highest BCUT2D eigenvalue weighted by molar-refractivity contribution is 5.73. The molecule has 0 bridgehead atoms. The van der Waals surface area contributed by atoms with E-state index in [-0.39, 0.29) is 25.7 Å². The first kappa shape index (κ1) is 28.4. The van der Waals surface area contributed by atoms with Crippen molar-refractivity contribution in [1.82, 2.24) is 5.32 Å². The molecule has 0 unspecified atom stereocenters. The normalized spacial score (nSPS) is 22.7. The van der Waals surface area contributed by atoms with Gasteiger partial charge in [-0.25, -0.2) is 0 Å². The van der Waals surface area contributed by atoms with E-state index in [0.717, 1.165) is 16.7 Å². The Morgan fingerprint density at radius 2 is 1.18 bits per heavy atom. The SMILES string of the molecule is CC(=O)N[C@@H]1O[C@H](COCc2ccccc2)[C@@H](OCc2ccccc2)[C@H](OCc2ccccc2)[C@H]1OC(C)=O. The highest BCUT2D eigenvalue weighted by Gasteiger charge is 2.50. The van der Waals surface area contributed by atoms with Crippen LogP contribution in [0.4, 0.5) is 0 Å². The molecule has 5 atom stereocenters. The summed E-state index contributed by atoms with van der Waals surface area (Å²) in [6.07, 6.45) is -3.94. The van der Waals surface area contributed by atoms with Crippen molar-refractivity contribution in [3.63, 3.8) is 0 Å². The third-order valence-corrected chi connectivity index (χ3v) is 6.25. The lowest BCUT2D eigenvalue weighted by atomic mass is 9.97. The van der Waals surface area contributed by atoms with E-state index >= 15 is 0 Å². The van der Waals surface area contributed by atoms with Crippen molar-refractivity contribution in [2.24, 2.45) is 0 Å². The summed E-state index contributed by atoms with van der Waals surface area (Å²) in [7, 11) is 0. The summed E-state index contributed by atoms with van der Waals surface area (Å²) in [5.74, 6) is -0.848. The zero-order chi connectivity index (χ0) is 27.5. The lowest BCUT2D eigenvalue weighted by Crippen LogP contribution is -2.65. The second-order valence-corrected chi connectivity index (χ2v) is 9.39. The van der Waals surface area contributed by atoms with Crippen molar-refractivity contribution in [3.8, 4) is 0 Å². The Kier molecular flexibility index (Phi) is 10.6. The van der Waals surface area contributed by atoms with Crippen LogP contribution in [0.15, 0.2) is 91.0 Å². The van der Waals surface area contributed by atoms with E-state index in [1.165, 1.54) is 13.8 Å². The highest BCUT2D eigenvalue weighted by atomic mass is 16.6. The van der Waals surface area contributed by atoms with Crippen LogP contribution >= 0.6 is 0 Å². The molecule has 206 valence electrons. The van der Waals surface area contributed by atoms with Gasteiger partial charge in [-0.2, -0.15) is 0 Å². The van der Waals surface area contributed by atoms with Crippen LogP contribution in [-0.2, 0) is 53.1 Å². The molecule has 1 heterocycles. The molecule has 1 amide bonds. The van der Waals surface area contributed by atoms with Crippen LogP contribution in [0.5, 0.6) is 0 Å². The van der Waals surface area contributed by atoms with Gasteiger partial charge >= 0.3 is 5.97 Å². The van der Waals surface area contributed by atoms with Gasteiger partial charge in [0.2, 0.25) is 5.91 Å². The van der Waals surface area contributed by atoms with Crippen molar-refractivity contribution >= 4 is 11.9 Å². The first-order valence-corrected chi connectivity index (χ1v) is 13.0. The smallest absolute Gasteiger partial charge is 0.303 e. The Morgan fingerprint density at radius 3 is 1.67 bits per heavy atom. The molecule has 0 radical (unpaired) electrons. The van der Waals surface area contributed by atoms with Gasteiger partial charge in [0.15, 0.2) is 12.3 Å². The molecule has 8 nitrogen and oxygen atoms in total. The fourth-order valence-electron chi connectivity index (χ4n) is 4.48. The first-order chi connectivity index (χ1) is 19.0. The molecular formula is C31H35NO7. The van der Waals surface area contributed by atoms with Crippen LogP contribution < -0.4 is 5.32 Å². The topological polar surface area (TPSA) is 92.3 Å². The van der Waals surface area contributed by atoms with Crippen molar-refractivity contribution < 1.29 is 33.3 Å². The lowest BCUT2D eigenvalue weighted by molar-refractivity contribution is -0.270. The number of amides is 1. The van der Waals surface area contributed by atoms with Gasteiger partial charge in [0.25, 0.3) is 0 Å². The van der Waals surface area contributed by atoms with Gasteiger partial charge in [-0.15, -0.1) is 0 Å². The van der Waals surface area contributed by atoms with Crippen LogP contribution in [0, 0.1) is 0 Å². The first-order valence-electron chi connectivity index (χ1n) is 13.0. The molecule has 0 saturated carbocycles. The zero-order valence-corrected chi connectivity index (χ0v) is 22.2. The van der Waals surface area contributed by atoms with Crippen LogP contribution in [0.3, 0.4) is 0 Å². The predicted octanol–water partition coefficient (Wildman–Crippen LogP) is 4.17. The minimum Gasteiger partial charge on any atom is -0.455 e. The summed E-state index contributed by atoms with van der Waals surface area (Å²) in [5.41, 5.74) is 2.93. The second-order valence-electron chi connectivity index (χ2n) is 9.39. The van der Waals surface area contributed by atoms with Gasteiger partial charge in [0, 0.05) is 13.8 Å². The molecule has 8 heteroatoms. The van der Waals surface area contributed by atoms with E-state index in [1.54, 1.807) is 0 Å². The van der Waals surface area contributed by atoms with E-state index in [1.807, 2.05) is 91.0 Å². The number of esters is 1. The number of carbonyl (C=O) groups excluding carboxylic acids is 2. The highest BCUT2D eigenvalue weighted by Crippen LogP contribution is 2.29. The fraction of sp³-hybridized carbons (Fsp3) is 0.355. The molecule has 0 aromatic heterocycles. The molecule has 1 saturated heterocycles. The Hall–Kier alpha value is -3.56. The standard InChI is InChI=1S/C31H35NO7/c1-22(33)32-31-30(38-23(2)34)29(37-20-26-16-10-5-11-17-26)28(36-19-25-14-8-4-9-15-25)27(39-31)21-35-18-24-12-6-3-7-13-24/h3-17,27-31H,18-21H2,1-2H3,(H,32,33)/t27-,28-,29+,30-,31-/m1/s1. The number of nitrogens with one attached hydrogen (secondary N) is 1. The maximum atomic E-state index is 12.1. The monoisotopic (exact) mass is 533 g/mol. The number of hydrogen-bond acceptors (Lipinski definition) is 7. The van der Waals surface area contributed by atoms with Gasteiger partial charge < -0.3 is 29.0 Å². The second kappa shape index (κ2) is 14.6. The van der Waals surface area contributed by atoms with Crippen LogP contribution in [-0.4, -0.2) is 49.1 Å². The van der Waals surface area contributed by atoms with E-state index in [0.29, 0.717) is 6.61 Å². The van der Waals surface area contributed by atoms with Crippen molar-refractivity contribution in [3.05, 3.63) is 108 Å². The molecule has 39 heavy (non-hydrogen) atoms. The number of hydrogen-bond donors (Lipinski definition) is 1. The maximum absolute atomic E-state index is 12.1. The van der Waals surface area contributed by atoms with Gasteiger partial charge in [0.1, 0.15) is 18.3 Å². The summed E-state index contributed by atoms with van der Waals surface area (Å²) >= 11 is 0. The molecule has 3 aromatic carbocycles. The Labute approximate surface area is 229 Å². The van der Waals surface area contributed by atoms with Crippen molar-refractivity contribution in [2.45, 2.75) is 64.3 Å². The molecule has 1 fully saturated rings. The quantitative estimate of drug-likeness (QED) is 0.350. The van der Waals surface area contributed by atoms with Gasteiger partial charge in [-0.3, -0.25) is 9.59 Å². The van der Waals surface area contributed by atoms with Crippen LogP contribution in [0.25, 0.3) is 0 Å². The molecule has 0 spiro atoms. The van der Waals surface area contributed by atoms with Gasteiger partial charge in [-0.1, -0.05) is 91.0 Å². The largest absolute Gasteiger partial charge is 0.455 e. The summed E-state index contributed by atoms with van der Waals surface area (Å²) in [5, 5.41) is 2.77. The number of benzene rings is 3. The Morgan fingerprint density at radius 1 is 0.692 bits per heavy atom. The summed E-state index contributed by atoms with van der Waals surface area (Å²) in [6.45, 7) is 3.77. The summed E-state index contributed by atoms with van der Waals surface area (Å²) in [6, 6.07) is 29.2. The average molecular weight is 534 g/mol. The molecule has 0 aliphatic carbocycles. The number of rotatable bonds is 12. The molecule has 1 aliphatic heterocycles. The molecule has 1 aliphatic rings. The van der Waals surface area contributed by atoms with Crippen LogP contribution in [0.2, 0.25) is 0 Å². The minimum atomic E-state index is -0.950. The third kappa shape index (κ3) is 8.73. The summed E-state index contributed by atoms with van der Waals surface area (Å²) in [4.78, 5) is 24.2. The zero-order valence-electron chi connectivity index (χ0n) is 22.2. The summed E-state index contributed by atoms with van der Waals surface area (Å²) < 4.78 is 30.8. The van der Waals surface area contributed by atoms with Gasteiger partial charge in [0.05, 0.1) is 26.4 Å². The lowest BCUT2D eigenvalue weighted by Gasteiger charge is -2.45. The van der Waals surface area contributed by atoms with E-state index in [9.17, 15) is 9.59 Å². The number of ether oxygens (including phenoxy) is 5. The van der Waals surface area contributed by atoms with Crippen molar-refractivity contribution in [1.29, 1.82) is 0 Å². The fourth-order valence-corrected chi connectivity index (χ4v) is 4.48.